The number of hydrogen-bond acceptors (Lipinski definition) is 4. The van der Waals surface area contributed by atoms with Crippen LogP contribution in [0.3, 0.4) is 0 Å². The van der Waals surface area contributed by atoms with Gasteiger partial charge in [-0.2, -0.15) is 0 Å². The second-order valence-electron chi connectivity index (χ2n) is 5.32. The van der Waals surface area contributed by atoms with Crippen molar-refractivity contribution in [3.8, 4) is 0 Å². The van der Waals surface area contributed by atoms with Crippen molar-refractivity contribution in [3.63, 3.8) is 0 Å². The molecule has 0 radical (unpaired) electrons. The smallest absolute Gasteiger partial charge is 0.423 e. The Morgan fingerprint density at radius 2 is 2.05 bits per heavy atom. The SMILES string of the molecule is O=C(Nc1cc(C2CC2)ccn1)c1ccc(B(O)O)cc1F. The molecule has 3 N–H and O–H groups in total. The minimum absolute atomic E-state index is 0.0112. The maximum atomic E-state index is 13.9. The van der Waals surface area contributed by atoms with Gasteiger partial charge in [0, 0.05) is 6.20 Å². The van der Waals surface area contributed by atoms with Crippen molar-refractivity contribution in [1.29, 1.82) is 0 Å². The van der Waals surface area contributed by atoms with Crippen molar-refractivity contribution in [3.05, 3.63) is 53.5 Å². The van der Waals surface area contributed by atoms with Crippen LogP contribution in [0.1, 0.15) is 34.7 Å². The summed E-state index contributed by atoms with van der Waals surface area (Å²) in [5.41, 5.74) is 0.926. The first kappa shape index (κ1) is 14.7. The van der Waals surface area contributed by atoms with Crippen LogP contribution < -0.4 is 10.8 Å². The van der Waals surface area contributed by atoms with Gasteiger partial charge in [0.15, 0.2) is 0 Å². The normalized spacial score (nSPS) is 13.8. The number of nitrogens with zero attached hydrogens (tertiary/aromatic N) is 1. The van der Waals surface area contributed by atoms with Crippen molar-refractivity contribution in [2.75, 3.05) is 5.32 Å². The molecule has 2 aromatic rings. The van der Waals surface area contributed by atoms with Gasteiger partial charge in [-0.3, -0.25) is 4.79 Å². The van der Waals surface area contributed by atoms with E-state index in [9.17, 15) is 9.18 Å². The molecule has 0 aliphatic heterocycles. The molecule has 1 heterocycles. The minimum atomic E-state index is -1.77. The van der Waals surface area contributed by atoms with Gasteiger partial charge in [0.1, 0.15) is 11.6 Å². The Labute approximate surface area is 127 Å². The van der Waals surface area contributed by atoms with E-state index >= 15 is 0 Å². The van der Waals surface area contributed by atoms with Crippen LogP contribution in [0.5, 0.6) is 0 Å². The van der Waals surface area contributed by atoms with Crippen molar-refractivity contribution in [2.24, 2.45) is 0 Å². The average Bonchev–Trinajstić information content (AvgIpc) is 3.31. The number of rotatable bonds is 4. The lowest BCUT2D eigenvalue weighted by molar-refractivity contribution is 0.102. The Kier molecular flexibility index (Phi) is 3.91. The summed E-state index contributed by atoms with van der Waals surface area (Å²) in [4.78, 5) is 16.2. The van der Waals surface area contributed by atoms with Crippen LogP contribution in [0, 0.1) is 5.82 Å². The average molecular weight is 300 g/mol. The number of aromatic nitrogens is 1. The molecular formula is C15H14BFN2O3. The van der Waals surface area contributed by atoms with E-state index < -0.39 is 18.8 Å². The fourth-order valence-corrected chi connectivity index (χ4v) is 2.25. The van der Waals surface area contributed by atoms with Gasteiger partial charge in [-0.15, -0.1) is 0 Å². The van der Waals surface area contributed by atoms with E-state index in [0.717, 1.165) is 24.5 Å². The van der Waals surface area contributed by atoms with Crippen LogP contribution in [0.2, 0.25) is 0 Å². The number of benzene rings is 1. The van der Waals surface area contributed by atoms with Gasteiger partial charge in [-0.05, 0) is 54.1 Å². The lowest BCUT2D eigenvalue weighted by Gasteiger charge is -2.08. The van der Waals surface area contributed by atoms with E-state index in [4.69, 9.17) is 10.0 Å². The van der Waals surface area contributed by atoms with Gasteiger partial charge in [0.2, 0.25) is 0 Å². The van der Waals surface area contributed by atoms with Crippen LogP contribution in [-0.4, -0.2) is 28.1 Å². The summed E-state index contributed by atoms with van der Waals surface area (Å²) in [7, 11) is -1.77. The largest absolute Gasteiger partial charge is 0.488 e. The van der Waals surface area contributed by atoms with Crippen LogP contribution in [0.15, 0.2) is 36.5 Å². The zero-order chi connectivity index (χ0) is 15.7. The molecule has 22 heavy (non-hydrogen) atoms. The number of hydrogen-bond donors (Lipinski definition) is 3. The van der Waals surface area contributed by atoms with Gasteiger partial charge in [-0.1, -0.05) is 6.07 Å². The first-order valence-electron chi connectivity index (χ1n) is 6.97. The first-order chi connectivity index (χ1) is 10.5. The van der Waals surface area contributed by atoms with Crippen molar-refractivity contribution < 1.29 is 19.2 Å². The van der Waals surface area contributed by atoms with E-state index in [1.807, 2.05) is 6.07 Å². The molecule has 0 unspecified atom stereocenters. The Hall–Kier alpha value is -2.25. The predicted molar refractivity (Wildman–Crippen MR) is 80.4 cm³/mol. The monoisotopic (exact) mass is 300 g/mol. The molecule has 1 aromatic heterocycles. The third-order valence-corrected chi connectivity index (χ3v) is 3.61. The molecule has 3 rings (SSSR count). The summed E-state index contributed by atoms with van der Waals surface area (Å²) < 4.78 is 13.9. The standard InChI is InChI=1S/C15H14BFN2O3/c17-13-8-11(16(21)22)3-4-12(13)15(20)19-14-7-10(5-6-18-14)9-1-2-9/h3-9,21-22H,1-2H2,(H,18,19,20). The fourth-order valence-electron chi connectivity index (χ4n) is 2.25. The Bertz CT molecular complexity index is 720. The summed E-state index contributed by atoms with van der Waals surface area (Å²) in [5.74, 6) is -0.542. The van der Waals surface area contributed by atoms with Crippen LogP contribution in [-0.2, 0) is 0 Å². The zero-order valence-electron chi connectivity index (χ0n) is 11.7. The van der Waals surface area contributed by atoms with Gasteiger partial charge < -0.3 is 15.4 Å². The van der Waals surface area contributed by atoms with Crippen LogP contribution in [0.25, 0.3) is 0 Å². The Morgan fingerprint density at radius 1 is 1.27 bits per heavy atom. The molecule has 1 amide bonds. The summed E-state index contributed by atoms with van der Waals surface area (Å²) in [6.45, 7) is 0. The topological polar surface area (TPSA) is 82.5 Å². The molecular weight excluding hydrogens is 286 g/mol. The van der Waals surface area contributed by atoms with E-state index in [1.54, 1.807) is 12.3 Å². The van der Waals surface area contributed by atoms with E-state index in [2.05, 4.69) is 10.3 Å². The maximum Gasteiger partial charge on any atom is 0.488 e. The Morgan fingerprint density at radius 3 is 2.68 bits per heavy atom. The van der Waals surface area contributed by atoms with Crippen molar-refractivity contribution >= 4 is 24.3 Å². The van der Waals surface area contributed by atoms with Gasteiger partial charge in [-0.25, -0.2) is 9.37 Å². The summed E-state index contributed by atoms with van der Waals surface area (Å²) in [6.07, 6.45) is 3.89. The maximum absolute atomic E-state index is 13.9. The highest BCUT2D eigenvalue weighted by molar-refractivity contribution is 6.58. The lowest BCUT2D eigenvalue weighted by Crippen LogP contribution is -2.30. The van der Waals surface area contributed by atoms with E-state index in [0.29, 0.717) is 11.7 Å². The fraction of sp³-hybridized carbons (Fsp3) is 0.200. The van der Waals surface area contributed by atoms with E-state index in [1.165, 1.54) is 12.1 Å². The highest BCUT2D eigenvalue weighted by Crippen LogP contribution is 2.40. The number of pyridine rings is 1. The molecule has 1 saturated carbocycles. The first-order valence-corrected chi connectivity index (χ1v) is 6.97. The highest BCUT2D eigenvalue weighted by atomic mass is 19.1. The second kappa shape index (κ2) is 5.86. The molecule has 112 valence electrons. The van der Waals surface area contributed by atoms with Gasteiger partial charge in [0.25, 0.3) is 5.91 Å². The number of anilines is 1. The number of carbonyl (C=O) groups is 1. The molecule has 1 aliphatic carbocycles. The van der Waals surface area contributed by atoms with Crippen LogP contribution in [0.4, 0.5) is 10.2 Å². The van der Waals surface area contributed by atoms with Gasteiger partial charge >= 0.3 is 7.12 Å². The number of halogens is 1. The molecule has 5 nitrogen and oxygen atoms in total. The molecule has 1 aliphatic rings. The molecule has 0 bridgehead atoms. The molecule has 0 atom stereocenters. The highest BCUT2D eigenvalue weighted by Gasteiger charge is 2.24. The van der Waals surface area contributed by atoms with Crippen molar-refractivity contribution in [1.82, 2.24) is 4.98 Å². The zero-order valence-corrected chi connectivity index (χ0v) is 11.7. The number of nitrogens with one attached hydrogen (secondary N) is 1. The molecule has 0 spiro atoms. The molecule has 1 aromatic carbocycles. The van der Waals surface area contributed by atoms with Gasteiger partial charge in [0.05, 0.1) is 5.56 Å². The summed E-state index contributed by atoms with van der Waals surface area (Å²) >= 11 is 0. The lowest BCUT2D eigenvalue weighted by atomic mass is 9.80. The second-order valence-corrected chi connectivity index (χ2v) is 5.32. The van der Waals surface area contributed by atoms with Crippen molar-refractivity contribution in [2.45, 2.75) is 18.8 Å². The summed E-state index contributed by atoms with van der Waals surface area (Å²) in [6, 6.07) is 7.12. The minimum Gasteiger partial charge on any atom is -0.423 e. The molecule has 7 heteroatoms. The molecule has 0 saturated heterocycles. The predicted octanol–water partition coefficient (Wildman–Crippen LogP) is 1.03. The summed E-state index contributed by atoms with van der Waals surface area (Å²) in [5, 5.41) is 20.5. The quantitative estimate of drug-likeness (QED) is 0.737. The van der Waals surface area contributed by atoms with Crippen LogP contribution >= 0.6 is 0 Å². The number of amides is 1. The number of carbonyl (C=O) groups excluding carboxylic acids is 1. The van der Waals surface area contributed by atoms with E-state index in [-0.39, 0.29) is 11.0 Å². The molecule has 1 fully saturated rings. The third-order valence-electron chi connectivity index (χ3n) is 3.61. The third kappa shape index (κ3) is 3.15. The Balaban J connectivity index is 1.78.